The molecule has 6 heteroatoms. The Labute approximate surface area is 165 Å². The zero-order chi connectivity index (χ0) is 20.5. The van der Waals surface area contributed by atoms with E-state index in [9.17, 15) is 23.5 Å². The van der Waals surface area contributed by atoms with Crippen LogP contribution >= 0.6 is 0 Å². The van der Waals surface area contributed by atoms with Gasteiger partial charge in [0.05, 0.1) is 11.6 Å². The Kier molecular flexibility index (Phi) is 4.68. The Morgan fingerprint density at radius 2 is 1.45 bits per heavy atom. The Balaban J connectivity index is 1.97. The highest BCUT2D eigenvalue weighted by Gasteiger charge is 2.47. The van der Waals surface area contributed by atoms with Crippen LogP contribution in [0, 0.1) is 11.6 Å². The summed E-state index contributed by atoms with van der Waals surface area (Å²) in [6.07, 6.45) is 0. The molecule has 1 saturated heterocycles. The normalized spacial score (nSPS) is 18.3. The SMILES string of the molecule is O=C1C(=O)N(c2ccc(F)cc2)[C@H](c2ccccc2F)C1=C(O)c1ccccc1. The van der Waals surface area contributed by atoms with Gasteiger partial charge in [-0.2, -0.15) is 0 Å². The third kappa shape index (κ3) is 3.18. The predicted molar refractivity (Wildman–Crippen MR) is 104 cm³/mol. The second kappa shape index (κ2) is 7.31. The Bertz CT molecular complexity index is 1120. The van der Waals surface area contributed by atoms with Crippen LogP contribution in [-0.2, 0) is 9.59 Å². The molecule has 1 aliphatic heterocycles. The number of nitrogens with zero attached hydrogens (tertiary/aromatic N) is 1. The molecular formula is C23H15F2NO3. The molecule has 0 bridgehead atoms. The highest BCUT2D eigenvalue weighted by atomic mass is 19.1. The van der Waals surface area contributed by atoms with Crippen LogP contribution in [0.5, 0.6) is 0 Å². The molecule has 1 atom stereocenters. The predicted octanol–water partition coefficient (Wildman–Crippen LogP) is 4.59. The van der Waals surface area contributed by atoms with Crippen molar-refractivity contribution in [2.24, 2.45) is 0 Å². The first-order valence-corrected chi connectivity index (χ1v) is 8.85. The minimum atomic E-state index is -1.19. The summed E-state index contributed by atoms with van der Waals surface area (Å²) in [5, 5.41) is 10.8. The minimum Gasteiger partial charge on any atom is -0.507 e. The molecule has 0 saturated carbocycles. The molecule has 144 valence electrons. The fourth-order valence-corrected chi connectivity index (χ4v) is 3.44. The van der Waals surface area contributed by atoms with Gasteiger partial charge in [0.1, 0.15) is 17.4 Å². The third-order valence-corrected chi connectivity index (χ3v) is 4.80. The van der Waals surface area contributed by atoms with E-state index in [1.165, 1.54) is 30.3 Å². The minimum absolute atomic E-state index is 0.0495. The molecule has 0 unspecified atom stereocenters. The Morgan fingerprint density at radius 1 is 0.828 bits per heavy atom. The standard InChI is InChI=1S/C23H15F2NO3/c24-15-10-12-16(13-11-15)26-20(17-8-4-5-9-18(17)25)19(22(28)23(26)29)21(27)14-6-2-1-3-7-14/h1-13,20,27H/t20-/m1/s1. The van der Waals surface area contributed by atoms with Gasteiger partial charge in [-0.3, -0.25) is 14.5 Å². The average Bonchev–Trinajstić information content (AvgIpc) is 3.00. The van der Waals surface area contributed by atoms with Crippen LogP contribution in [0.2, 0.25) is 0 Å². The number of carbonyl (C=O) groups excluding carboxylic acids is 2. The highest BCUT2D eigenvalue weighted by molar-refractivity contribution is 6.51. The van der Waals surface area contributed by atoms with Crippen LogP contribution in [0.25, 0.3) is 5.76 Å². The number of amides is 1. The van der Waals surface area contributed by atoms with E-state index >= 15 is 0 Å². The van der Waals surface area contributed by atoms with Crippen LogP contribution in [-0.4, -0.2) is 16.8 Å². The molecule has 0 radical (unpaired) electrons. The summed E-state index contributed by atoms with van der Waals surface area (Å²) >= 11 is 0. The van der Waals surface area contributed by atoms with E-state index in [1.807, 2.05) is 0 Å². The van der Waals surface area contributed by atoms with Crippen molar-refractivity contribution >= 4 is 23.1 Å². The number of anilines is 1. The second-order valence-electron chi connectivity index (χ2n) is 6.53. The molecule has 4 nitrogen and oxygen atoms in total. The topological polar surface area (TPSA) is 57.6 Å². The van der Waals surface area contributed by atoms with Gasteiger partial charge in [-0.05, 0) is 30.3 Å². The number of benzene rings is 3. The van der Waals surface area contributed by atoms with Crippen LogP contribution in [0.15, 0.2) is 84.4 Å². The number of Topliss-reactive ketones (excluding diaryl/α,β-unsaturated/α-hetero) is 1. The molecular weight excluding hydrogens is 376 g/mol. The number of aliphatic hydroxyl groups excluding tert-OH is 1. The number of halogens is 2. The first-order chi connectivity index (χ1) is 14.0. The molecule has 1 heterocycles. The highest BCUT2D eigenvalue weighted by Crippen LogP contribution is 2.42. The second-order valence-corrected chi connectivity index (χ2v) is 6.53. The van der Waals surface area contributed by atoms with Gasteiger partial charge in [0.2, 0.25) is 0 Å². The quantitative estimate of drug-likeness (QED) is 0.404. The maximum atomic E-state index is 14.7. The lowest BCUT2D eigenvalue weighted by atomic mass is 9.94. The molecule has 1 amide bonds. The summed E-state index contributed by atoms with van der Waals surface area (Å²) in [7, 11) is 0. The van der Waals surface area contributed by atoms with Crippen molar-refractivity contribution in [3.63, 3.8) is 0 Å². The van der Waals surface area contributed by atoms with E-state index < -0.39 is 35.1 Å². The number of carbonyl (C=O) groups is 2. The van der Waals surface area contributed by atoms with E-state index in [-0.39, 0.29) is 16.8 Å². The van der Waals surface area contributed by atoms with Gasteiger partial charge in [0, 0.05) is 16.8 Å². The first kappa shape index (κ1) is 18.6. The maximum Gasteiger partial charge on any atom is 0.300 e. The van der Waals surface area contributed by atoms with E-state index in [0.29, 0.717) is 5.56 Å². The first-order valence-electron chi connectivity index (χ1n) is 8.85. The Morgan fingerprint density at radius 3 is 2.10 bits per heavy atom. The Hall–Kier alpha value is -3.80. The van der Waals surface area contributed by atoms with Crippen molar-refractivity contribution in [2.75, 3.05) is 4.90 Å². The van der Waals surface area contributed by atoms with E-state index in [4.69, 9.17) is 0 Å². The molecule has 3 aromatic carbocycles. The summed E-state index contributed by atoms with van der Waals surface area (Å²) in [4.78, 5) is 26.8. The van der Waals surface area contributed by atoms with Crippen molar-refractivity contribution in [1.29, 1.82) is 0 Å². The van der Waals surface area contributed by atoms with Crippen LogP contribution in [0.3, 0.4) is 0 Å². The number of aliphatic hydroxyl groups is 1. The summed E-state index contributed by atoms with van der Waals surface area (Å²) in [5.74, 6) is -3.42. The van der Waals surface area contributed by atoms with Gasteiger partial charge in [-0.1, -0.05) is 48.5 Å². The van der Waals surface area contributed by atoms with Crippen LogP contribution in [0.4, 0.5) is 14.5 Å². The van der Waals surface area contributed by atoms with Gasteiger partial charge in [0.15, 0.2) is 0 Å². The molecule has 0 spiro atoms. The lowest BCUT2D eigenvalue weighted by Gasteiger charge is -2.25. The third-order valence-electron chi connectivity index (χ3n) is 4.80. The van der Waals surface area contributed by atoms with Gasteiger partial charge < -0.3 is 5.11 Å². The number of ketones is 1. The zero-order valence-electron chi connectivity index (χ0n) is 15.0. The monoisotopic (exact) mass is 391 g/mol. The van der Waals surface area contributed by atoms with E-state index in [2.05, 4.69) is 0 Å². The number of hydrogen-bond donors (Lipinski definition) is 1. The number of rotatable bonds is 3. The average molecular weight is 391 g/mol. The molecule has 1 N–H and O–H groups in total. The number of hydrogen-bond acceptors (Lipinski definition) is 3. The van der Waals surface area contributed by atoms with Gasteiger partial charge >= 0.3 is 0 Å². The molecule has 0 aliphatic carbocycles. The molecule has 1 aliphatic rings. The van der Waals surface area contributed by atoms with Crippen LogP contribution < -0.4 is 4.90 Å². The fraction of sp³-hybridized carbons (Fsp3) is 0.0435. The zero-order valence-corrected chi connectivity index (χ0v) is 15.0. The van der Waals surface area contributed by atoms with Crippen molar-refractivity contribution in [3.05, 3.63) is 107 Å². The molecule has 29 heavy (non-hydrogen) atoms. The summed E-state index contributed by atoms with van der Waals surface area (Å²) in [6.45, 7) is 0. The van der Waals surface area contributed by atoms with Gasteiger partial charge in [-0.25, -0.2) is 8.78 Å². The molecule has 1 fully saturated rings. The van der Waals surface area contributed by atoms with E-state index in [1.54, 1.807) is 36.4 Å². The van der Waals surface area contributed by atoms with Crippen LogP contribution in [0.1, 0.15) is 17.2 Å². The van der Waals surface area contributed by atoms with E-state index in [0.717, 1.165) is 17.0 Å². The maximum absolute atomic E-state index is 14.7. The summed E-state index contributed by atoms with van der Waals surface area (Å²) in [6, 6.07) is 17.7. The van der Waals surface area contributed by atoms with Crippen molar-refractivity contribution in [1.82, 2.24) is 0 Å². The molecule has 3 aromatic rings. The van der Waals surface area contributed by atoms with Crippen molar-refractivity contribution in [3.8, 4) is 0 Å². The van der Waals surface area contributed by atoms with Gasteiger partial charge in [-0.15, -0.1) is 0 Å². The molecule has 0 aromatic heterocycles. The van der Waals surface area contributed by atoms with Crippen molar-refractivity contribution in [2.45, 2.75) is 6.04 Å². The lowest BCUT2D eigenvalue weighted by molar-refractivity contribution is -0.132. The van der Waals surface area contributed by atoms with Gasteiger partial charge in [0.25, 0.3) is 11.7 Å². The fourth-order valence-electron chi connectivity index (χ4n) is 3.44. The largest absolute Gasteiger partial charge is 0.507 e. The molecule has 4 rings (SSSR count). The summed E-state index contributed by atoms with van der Waals surface area (Å²) < 4.78 is 28.1. The van der Waals surface area contributed by atoms with Crippen molar-refractivity contribution < 1.29 is 23.5 Å². The lowest BCUT2D eigenvalue weighted by Crippen LogP contribution is -2.29. The smallest absolute Gasteiger partial charge is 0.300 e. The summed E-state index contributed by atoms with van der Waals surface area (Å²) in [5.41, 5.74) is 0.365.